The van der Waals surface area contributed by atoms with E-state index in [0.29, 0.717) is 22.9 Å². The van der Waals surface area contributed by atoms with Gasteiger partial charge in [-0.2, -0.15) is 0 Å². The summed E-state index contributed by atoms with van der Waals surface area (Å²) < 4.78 is 15.9. The standard InChI is InChI=1S/C21H28N2O4/c1-21(2,3)14-7-9-17(25-4)16(11-14)22-13-20(24)23-15-8-10-18(26-5)19(12-15)27-6/h7-12,22H,13H2,1-6H3,(H,23,24). The topological polar surface area (TPSA) is 68.8 Å². The van der Waals surface area contributed by atoms with Crippen LogP contribution in [0.3, 0.4) is 0 Å². The molecule has 1 amide bonds. The molecule has 0 saturated heterocycles. The molecule has 146 valence electrons. The Kier molecular flexibility index (Phi) is 6.55. The van der Waals surface area contributed by atoms with Crippen molar-refractivity contribution in [3.05, 3.63) is 42.0 Å². The van der Waals surface area contributed by atoms with Crippen LogP contribution in [0.5, 0.6) is 17.2 Å². The molecule has 2 rings (SSSR count). The van der Waals surface area contributed by atoms with Crippen LogP contribution in [0.4, 0.5) is 11.4 Å². The van der Waals surface area contributed by atoms with E-state index in [9.17, 15) is 4.79 Å². The lowest BCUT2D eigenvalue weighted by atomic mass is 9.87. The number of carbonyl (C=O) groups is 1. The van der Waals surface area contributed by atoms with Crippen molar-refractivity contribution in [2.24, 2.45) is 0 Å². The van der Waals surface area contributed by atoms with Crippen LogP contribution in [0.1, 0.15) is 26.3 Å². The summed E-state index contributed by atoms with van der Waals surface area (Å²) in [5.41, 5.74) is 2.58. The Hall–Kier alpha value is -2.89. The third-order valence-electron chi connectivity index (χ3n) is 4.17. The lowest BCUT2D eigenvalue weighted by molar-refractivity contribution is -0.114. The highest BCUT2D eigenvalue weighted by Crippen LogP contribution is 2.32. The quantitative estimate of drug-likeness (QED) is 0.767. The van der Waals surface area contributed by atoms with E-state index in [-0.39, 0.29) is 17.9 Å². The zero-order chi connectivity index (χ0) is 20.0. The molecule has 6 heteroatoms. The number of hydrogen-bond donors (Lipinski definition) is 2. The van der Waals surface area contributed by atoms with Crippen molar-refractivity contribution < 1.29 is 19.0 Å². The lowest BCUT2D eigenvalue weighted by Crippen LogP contribution is -2.22. The Morgan fingerprint density at radius 3 is 2.11 bits per heavy atom. The molecule has 0 heterocycles. The number of benzene rings is 2. The summed E-state index contributed by atoms with van der Waals surface area (Å²) in [4.78, 5) is 12.3. The molecule has 0 aromatic heterocycles. The molecule has 2 N–H and O–H groups in total. The van der Waals surface area contributed by atoms with Gasteiger partial charge >= 0.3 is 0 Å². The minimum atomic E-state index is -0.176. The second-order valence-electron chi connectivity index (χ2n) is 7.14. The number of ether oxygens (including phenoxy) is 3. The first-order chi connectivity index (χ1) is 12.8. The van der Waals surface area contributed by atoms with Crippen molar-refractivity contribution in [2.75, 3.05) is 38.5 Å². The van der Waals surface area contributed by atoms with Crippen molar-refractivity contribution in [2.45, 2.75) is 26.2 Å². The fraction of sp³-hybridized carbons (Fsp3) is 0.381. The minimum absolute atomic E-state index is 0.00457. The van der Waals surface area contributed by atoms with Crippen LogP contribution in [0.15, 0.2) is 36.4 Å². The molecule has 0 aliphatic carbocycles. The van der Waals surface area contributed by atoms with E-state index < -0.39 is 0 Å². The Bertz CT molecular complexity index is 797. The van der Waals surface area contributed by atoms with Crippen LogP contribution in [-0.2, 0) is 10.2 Å². The van der Waals surface area contributed by atoms with Gasteiger partial charge in [-0.15, -0.1) is 0 Å². The Balaban J connectivity index is 2.07. The molecule has 27 heavy (non-hydrogen) atoms. The van der Waals surface area contributed by atoms with Crippen LogP contribution in [0, 0.1) is 0 Å². The van der Waals surface area contributed by atoms with Gasteiger partial charge in [-0.05, 0) is 35.2 Å². The second-order valence-corrected chi connectivity index (χ2v) is 7.14. The fourth-order valence-corrected chi connectivity index (χ4v) is 2.61. The smallest absolute Gasteiger partial charge is 0.243 e. The summed E-state index contributed by atoms with van der Waals surface area (Å²) in [6, 6.07) is 11.2. The van der Waals surface area contributed by atoms with E-state index in [1.54, 1.807) is 39.5 Å². The third-order valence-corrected chi connectivity index (χ3v) is 4.17. The van der Waals surface area contributed by atoms with Gasteiger partial charge in [-0.1, -0.05) is 26.8 Å². The molecule has 0 unspecified atom stereocenters. The summed E-state index contributed by atoms with van der Waals surface area (Å²) in [5.74, 6) is 1.69. The molecule has 0 aliphatic heterocycles. The van der Waals surface area contributed by atoms with Crippen LogP contribution in [0.25, 0.3) is 0 Å². The molecule has 6 nitrogen and oxygen atoms in total. The van der Waals surface area contributed by atoms with Gasteiger partial charge < -0.3 is 24.8 Å². The number of methoxy groups -OCH3 is 3. The number of carbonyl (C=O) groups excluding carboxylic acids is 1. The molecule has 0 radical (unpaired) electrons. The molecule has 0 fully saturated rings. The number of nitrogens with one attached hydrogen (secondary N) is 2. The van der Waals surface area contributed by atoms with E-state index in [1.165, 1.54) is 0 Å². The number of rotatable bonds is 7. The summed E-state index contributed by atoms with van der Waals surface area (Å²) in [7, 11) is 4.74. The van der Waals surface area contributed by atoms with Crippen molar-refractivity contribution in [1.29, 1.82) is 0 Å². The molecular weight excluding hydrogens is 344 g/mol. The number of amides is 1. The highest BCUT2D eigenvalue weighted by molar-refractivity contribution is 5.94. The van der Waals surface area contributed by atoms with Gasteiger partial charge in [0.15, 0.2) is 11.5 Å². The van der Waals surface area contributed by atoms with Crippen molar-refractivity contribution in [3.63, 3.8) is 0 Å². The van der Waals surface area contributed by atoms with Crippen LogP contribution in [-0.4, -0.2) is 33.8 Å². The predicted octanol–water partition coefficient (Wildman–Crippen LogP) is 4.06. The van der Waals surface area contributed by atoms with Gasteiger partial charge in [0.2, 0.25) is 5.91 Å². The van der Waals surface area contributed by atoms with E-state index in [2.05, 4.69) is 31.4 Å². The molecule has 0 aliphatic rings. The first kappa shape index (κ1) is 20.4. The van der Waals surface area contributed by atoms with Gasteiger partial charge in [0.05, 0.1) is 33.6 Å². The zero-order valence-corrected chi connectivity index (χ0v) is 16.8. The maximum atomic E-state index is 12.3. The van der Waals surface area contributed by atoms with Gasteiger partial charge in [0, 0.05) is 11.8 Å². The Morgan fingerprint density at radius 1 is 0.889 bits per heavy atom. The summed E-state index contributed by atoms with van der Waals surface area (Å²) >= 11 is 0. The van der Waals surface area contributed by atoms with Crippen molar-refractivity contribution >= 4 is 17.3 Å². The van der Waals surface area contributed by atoms with Crippen LogP contribution in [0.2, 0.25) is 0 Å². The van der Waals surface area contributed by atoms with E-state index >= 15 is 0 Å². The monoisotopic (exact) mass is 372 g/mol. The third kappa shape index (κ3) is 5.29. The fourth-order valence-electron chi connectivity index (χ4n) is 2.61. The average Bonchev–Trinajstić information content (AvgIpc) is 2.65. The SMILES string of the molecule is COc1ccc(C(C)(C)C)cc1NCC(=O)Nc1ccc(OC)c(OC)c1. The van der Waals surface area contributed by atoms with Gasteiger partial charge in [0.1, 0.15) is 5.75 Å². The maximum Gasteiger partial charge on any atom is 0.243 e. The van der Waals surface area contributed by atoms with Gasteiger partial charge in [0.25, 0.3) is 0 Å². The van der Waals surface area contributed by atoms with Gasteiger partial charge in [-0.3, -0.25) is 4.79 Å². The predicted molar refractivity (Wildman–Crippen MR) is 108 cm³/mol. The highest BCUT2D eigenvalue weighted by atomic mass is 16.5. The summed E-state index contributed by atoms with van der Waals surface area (Å²) in [6.45, 7) is 6.53. The Labute approximate surface area is 160 Å². The van der Waals surface area contributed by atoms with Crippen molar-refractivity contribution in [1.82, 2.24) is 0 Å². The zero-order valence-electron chi connectivity index (χ0n) is 16.8. The normalized spacial score (nSPS) is 10.9. The van der Waals surface area contributed by atoms with Crippen molar-refractivity contribution in [3.8, 4) is 17.2 Å². The molecule has 0 atom stereocenters. The molecule has 2 aromatic rings. The lowest BCUT2D eigenvalue weighted by Gasteiger charge is -2.21. The summed E-state index contributed by atoms with van der Waals surface area (Å²) in [5, 5.41) is 6.00. The van der Waals surface area contributed by atoms with E-state index in [0.717, 1.165) is 11.3 Å². The minimum Gasteiger partial charge on any atom is -0.495 e. The number of hydrogen-bond acceptors (Lipinski definition) is 5. The average molecular weight is 372 g/mol. The molecule has 2 aromatic carbocycles. The molecular formula is C21H28N2O4. The molecule has 0 spiro atoms. The largest absolute Gasteiger partial charge is 0.495 e. The Morgan fingerprint density at radius 2 is 1.52 bits per heavy atom. The molecule has 0 saturated carbocycles. The molecule has 0 bridgehead atoms. The maximum absolute atomic E-state index is 12.3. The highest BCUT2D eigenvalue weighted by Gasteiger charge is 2.16. The first-order valence-corrected chi connectivity index (χ1v) is 8.72. The van der Waals surface area contributed by atoms with Crippen LogP contribution < -0.4 is 24.8 Å². The first-order valence-electron chi connectivity index (χ1n) is 8.72. The van der Waals surface area contributed by atoms with E-state index in [4.69, 9.17) is 14.2 Å². The van der Waals surface area contributed by atoms with Gasteiger partial charge in [-0.25, -0.2) is 0 Å². The summed E-state index contributed by atoms with van der Waals surface area (Å²) in [6.07, 6.45) is 0. The van der Waals surface area contributed by atoms with E-state index in [1.807, 2.05) is 18.2 Å². The second kappa shape index (κ2) is 8.66. The van der Waals surface area contributed by atoms with Crippen LogP contribution >= 0.6 is 0 Å². The number of anilines is 2.